The Morgan fingerprint density at radius 2 is 1.57 bits per heavy atom. The minimum Gasteiger partial charge on any atom is -0.348 e. The molecule has 0 aromatic carbocycles. The van der Waals surface area contributed by atoms with E-state index in [9.17, 15) is 0 Å². The summed E-state index contributed by atoms with van der Waals surface area (Å²) < 4.78 is 24.5. The SMILES string of the molecule is CCSC(SCC)[C@H]1OC(C)(C)O[C@@H]1C1COC(C)(C)O1. The fourth-order valence-electron chi connectivity index (χ4n) is 2.76. The number of thioether (sulfide) groups is 2. The Morgan fingerprint density at radius 3 is 2.05 bits per heavy atom. The molecule has 2 fully saturated rings. The van der Waals surface area contributed by atoms with Crippen molar-refractivity contribution < 1.29 is 18.9 Å². The highest BCUT2D eigenvalue weighted by Crippen LogP contribution is 2.42. The molecule has 2 heterocycles. The fourth-order valence-corrected chi connectivity index (χ4v) is 5.42. The first-order valence-corrected chi connectivity index (χ1v) is 9.78. The van der Waals surface area contributed by atoms with E-state index in [0.717, 1.165) is 11.5 Å². The molecule has 2 aliphatic rings. The van der Waals surface area contributed by atoms with Gasteiger partial charge in [-0.25, -0.2) is 0 Å². The molecule has 0 aromatic rings. The largest absolute Gasteiger partial charge is 0.348 e. The molecule has 2 rings (SSSR count). The standard InChI is InChI=1S/C15H28O4S2/c1-7-20-13(21-8-2)12-11(18-15(5,6)19-12)10-9-16-14(3,4)17-10/h10-13H,7-9H2,1-6H3/t10?,11-,12+/m1/s1. The van der Waals surface area contributed by atoms with Crippen molar-refractivity contribution in [1.29, 1.82) is 0 Å². The van der Waals surface area contributed by atoms with Crippen LogP contribution in [0.15, 0.2) is 0 Å². The van der Waals surface area contributed by atoms with Crippen LogP contribution in [0.5, 0.6) is 0 Å². The summed E-state index contributed by atoms with van der Waals surface area (Å²) in [5, 5.41) is 0. The van der Waals surface area contributed by atoms with Crippen LogP contribution in [0, 0.1) is 0 Å². The van der Waals surface area contributed by atoms with Gasteiger partial charge in [0.2, 0.25) is 0 Å². The van der Waals surface area contributed by atoms with Gasteiger partial charge >= 0.3 is 0 Å². The Balaban J connectivity index is 2.12. The first kappa shape index (κ1) is 17.9. The maximum absolute atomic E-state index is 6.21. The van der Waals surface area contributed by atoms with Crippen molar-refractivity contribution in [2.45, 2.75) is 76.0 Å². The molecule has 0 amide bonds. The second kappa shape index (κ2) is 6.97. The van der Waals surface area contributed by atoms with Crippen molar-refractivity contribution in [3.8, 4) is 0 Å². The summed E-state index contributed by atoms with van der Waals surface area (Å²) in [6.45, 7) is 12.8. The molecule has 0 aromatic heterocycles. The molecule has 2 saturated heterocycles. The van der Waals surface area contributed by atoms with Gasteiger partial charge in [-0.15, -0.1) is 23.5 Å². The first-order valence-electron chi connectivity index (χ1n) is 7.68. The van der Waals surface area contributed by atoms with Crippen LogP contribution in [0.4, 0.5) is 0 Å². The fraction of sp³-hybridized carbons (Fsp3) is 1.00. The first-order chi connectivity index (χ1) is 9.78. The average Bonchev–Trinajstić information content (AvgIpc) is 2.88. The van der Waals surface area contributed by atoms with Gasteiger partial charge in [-0.3, -0.25) is 0 Å². The van der Waals surface area contributed by atoms with Crippen LogP contribution in [-0.2, 0) is 18.9 Å². The summed E-state index contributed by atoms with van der Waals surface area (Å²) >= 11 is 3.85. The smallest absolute Gasteiger partial charge is 0.163 e. The predicted molar refractivity (Wildman–Crippen MR) is 88.8 cm³/mol. The lowest BCUT2D eigenvalue weighted by Crippen LogP contribution is -2.42. The highest BCUT2D eigenvalue weighted by Gasteiger charge is 2.52. The summed E-state index contributed by atoms with van der Waals surface area (Å²) in [5.74, 6) is 1.04. The highest BCUT2D eigenvalue weighted by molar-refractivity contribution is 8.17. The number of rotatable bonds is 6. The number of ether oxygens (including phenoxy) is 4. The van der Waals surface area contributed by atoms with Gasteiger partial charge in [0.15, 0.2) is 11.6 Å². The van der Waals surface area contributed by atoms with Crippen LogP contribution in [0.1, 0.15) is 41.5 Å². The third kappa shape index (κ3) is 4.52. The molecular weight excluding hydrogens is 308 g/mol. The molecule has 1 unspecified atom stereocenters. The quantitative estimate of drug-likeness (QED) is 0.691. The molecule has 0 spiro atoms. The van der Waals surface area contributed by atoms with Crippen LogP contribution in [-0.4, -0.2) is 52.6 Å². The van der Waals surface area contributed by atoms with Gasteiger partial charge in [-0.1, -0.05) is 13.8 Å². The lowest BCUT2D eigenvalue weighted by atomic mass is 10.1. The highest BCUT2D eigenvalue weighted by atomic mass is 32.2. The Labute approximate surface area is 137 Å². The monoisotopic (exact) mass is 336 g/mol. The van der Waals surface area contributed by atoms with Gasteiger partial charge in [0, 0.05) is 0 Å². The van der Waals surface area contributed by atoms with Gasteiger partial charge in [0.1, 0.15) is 18.3 Å². The van der Waals surface area contributed by atoms with E-state index in [0.29, 0.717) is 11.2 Å². The zero-order valence-electron chi connectivity index (χ0n) is 13.9. The van der Waals surface area contributed by atoms with Gasteiger partial charge in [0.05, 0.1) is 11.2 Å². The maximum Gasteiger partial charge on any atom is 0.163 e. The van der Waals surface area contributed by atoms with Crippen molar-refractivity contribution in [3.63, 3.8) is 0 Å². The predicted octanol–water partition coefficient (Wildman–Crippen LogP) is 3.49. The Bertz CT molecular complexity index is 331. The van der Waals surface area contributed by atoms with Gasteiger partial charge in [-0.05, 0) is 39.2 Å². The van der Waals surface area contributed by atoms with Crippen LogP contribution in [0.25, 0.3) is 0 Å². The van der Waals surface area contributed by atoms with Gasteiger partial charge in [0.25, 0.3) is 0 Å². The van der Waals surface area contributed by atoms with E-state index in [4.69, 9.17) is 18.9 Å². The van der Waals surface area contributed by atoms with Gasteiger partial charge < -0.3 is 18.9 Å². The molecule has 0 aliphatic carbocycles. The minimum absolute atomic E-state index is 0.0254. The van der Waals surface area contributed by atoms with Crippen molar-refractivity contribution >= 4 is 23.5 Å². The van der Waals surface area contributed by atoms with E-state index in [-0.39, 0.29) is 18.3 Å². The van der Waals surface area contributed by atoms with E-state index in [1.54, 1.807) is 0 Å². The zero-order chi connectivity index (χ0) is 15.7. The normalized spacial score (nSPS) is 34.7. The molecule has 0 radical (unpaired) electrons. The third-order valence-corrected chi connectivity index (χ3v) is 6.17. The Kier molecular flexibility index (Phi) is 5.94. The van der Waals surface area contributed by atoms with Crippen LogP contribution < -0.4 is 0 Å². The molecule has 0 saturated carbocycles. The van der Waals surface area contributed by atoms with E-state index >= 15 is 0 Å². The number of hydrogen-bond acceptors (Lipinski definition) is 6. The molecule has 4 nitrogen and oxygen atoms in total. The Hall–Kier alpha value is 0.540. The minimum atomic E-state index is -0.563. The van der Waals surface area contributed by atoms with Crippen LogP contribution in [0.3, 0.4) is 0 Å². The maximum atomic E-state index is 6.21. The van der Waals surface area contributed by atoms with Crippen molar-refractivity contribution in [3.05, 3.63) is 0 Å². The molecular formula is C15H28O4S2. The van der Waals surface area contributed by atoms with E-state index in [1.165, 1.54) is 0 Å². The van der Waals surface area contributed by atoms with E-state index < -0.39 is 11.6 Å². The van der Waals surface area contributed by atoms with Crippen molar-refractivity contribution in [2.24, 2.45) is 0 Å². The van der Waals surface area contributed by atoms with Crippen molar-refractivity contribution in [1.82, 2.24) is 0 Å². The molecule has 0 bridgehead atoms. The molecule has 124 valence electrons. The molecule has 0 N–H and O–H groups in total. The zero-order valence-corrected chi connectivity index (χ0v) is 15.5. The molecule has 3 atom stereocenters. The van der Waals surface area contributed by atoms with Crippen LogP contribution >= 0.6 is 23.5 Å². The van der Waals surface area contributed by atoms with Crippen molar-refractivity contribution in [2.75, 3.05) is 18.1 Å². The number of hydrogen-bond donors (Lipinski definition) is 0. The summed E-state index contributed by atoms with van der Waals surface area (Å²) in [6.07, 6.45) is -0.119. The molecule has 21 heavy (non-hydrogen) atoms. The topological polar surface area (TPSA) is 36.9 Å². The summed E-state index contributed by atoms with van der Waals surface area (Å²) in [5.41, 5.74) is 0. The van der Waals surface area contributed by atoms with Gasteiger partial charge in [-0.2, -0.15) is 0 Å². The second-order valence-electron chi connectivity index (χ2n) is 6.21. The summed E-state index contributed by atoms with van der Waals surface area (Å²) in [4.78, 5) is 0. The van der Waals surface area contributed by atoms with E-state index in [2.05, 4.69) is 13.8 Å². The molecule has 2 aliphatic heterocycles. The summed E-state index contributed by atoms with van der Waals surface area (Å²) in [7, 11) is 0. The van der Waals surface area contributed by atoms with E-state index in [1.807, 2.05) is 51.2 Å². The molecule has 6 heteroatoms. The lowest BCUT2D eigenvalue weighted by molar-refractivity contribution is -0.174. The lowest BCUT2D eigenvalue weighted by Gasteiger charge is -2.28. The average molecular weight is 337 g/mol. The third-order valence-electron chi connectivity index (χ3n) is 3.49. The van der Waals surface area contributed by atoms with Crippen LogP contribution in [0.2, 0.25) is 0 Å². The Morgan fingerprint density at radius 1 is 0.952 bits per heavy atom. The summed E-state index contributed by atoms with van der Waals surface area (Å²) in [6, 6.07) is 0. The second-order valence-corrected chi connectivity index (χ2v) is 9.35.